The van der Waals surface area contributed by atoms with Crippen LogP contribution < -0.4 is 10.5 Å². The molecule has 0 aliphatic heterocycles. The lowest BCUT2D eigenvalue weighted by Gasteiger charge is -2.23. The molecule has 2 unspecified atom stereocenters. The first kappa shape index (κ1) is 15.4. The Kier molecular flexibility index (Phi) is 4.88. The molecule has 0 spiro atoms. The Hall–Kier alpha value is -1.98. The average Bonchev–Trinajstić information content (AvgIpc) is 2.48. The van der Waals surface area contributed by atoms with Gasteiger partial charge in [0.25, 0.3) is 0 Å². The highest BCUT2D eigenvalue weighted by atomic mass is 19.1. The maximum absolute atomic E-state index is 13.8. The van der Waals surface area contributed by atoms with E-state index in [4.69, 9.17) is 10.5 Å². The van der Waals surface area contributed by atoms with Crippen LogP contribution in [0.3, 0.4) is 0 Å². The summed E-state index contributed by atoms with van der Waals surface area (Å²) >= 11 is 0. The molecule has 3 nitrogen and oxygen atoms in total. The topological polar surface area (TPSA) is 55.5 Å². The summed E-state index contributed by atoms with van der Waals surface area (Å²) in [6, 6.07) is 10.3. The maximum Gasteiger partial charge on any atom is 0.131 e. The van der Waals surface area contributed by atoms with Crippen molar-refractivity contribution in [2.45, 2.75) is 12.0 Å². The second kappa shape index (κ2) is 6.65. The summed E-state index contributed by atoms with van der Waals surface area (Å²) in [5.41, 5.74) is 6.01. The van der Waals surface area contributed by atoms with Crippen LogP contribution in [-0.4, -0.2) is 18.8 Å². The van der Waals surface area contributed by atoms with Crippen LogP contribution in [0.2, 0.25) is 0 Å². The molecule has 0 saturated carbocycles. The van der Waals surface area contributed by atoms with Crippen molar-refractivity contribution in [3.63, 3.8) is 0 Å². The molecule has 0 aliphatic carbocycles. The minimum Gasteiger partial charge on any atom is -0.497 e. The first-order valence-corrected chi connectivity index (χ1v) is 6.54. The maximum atomic E-state index is 13.8. The molecule has 2 aromatic carbocycles. The summed E-state index contributed by atoms with van der Waals surface area (Å²) in [6.45, 7) is 0.0568. The third-order valence-corrected chi connectivity index (χ3v) is 3.47. The molecule has 112 valence electrons. The van der Waals surface area contributed by atoms with Crippen molar-refractivity contribution < 1.29 is 18.6 Å². The normalized spacial score (nSPS) is 13.8. The molecule has 5 heteroatoms. The molecule has 21 heavy (non-hydrogen) atoms. The van der Waals surface area contributed by atoms with Gasteiger partial charge in [0, 0.05) is 12.5 Å². The van der Waals surface area contributed by atoms with E-state index in [9.17, 15) is 13.9 Å². The van der Waals surface area contributed by atoms with Gasteiger partial charge in [-0.05, 0) is 29.8 Å². The number of hydrogen-bond donors (Lipinski definition) is 2. The highest BCUT2D eigenvalue weighted by molar-refractivity contribution is 5.33. The lowest BCUT2D eigenvalue weighted by Crippen LogP contribution is -2.21. The second-order valence-corrected chi connectivity index (χ2v) is 4.70. The van der Waals surface area contributed by atoms with Crippen LogP contribution in [0, 0.1) is 11.6 Å². The van der Waals surface area contributed by atoms with Crippen molar-refractivity contribution in [2.24, 2.45) is 5.73 Å². The van der Waals surface area contributed by atoms with Crippen LogP contribution in [0.15, 0.2) is 42.5 Å². The summed E-state index contributed by atoms with van der Waals surface area (Å²) in [5.74, 6) is -1.52. The standard InChI is InChI=1S/C16H17F2NO2/c1-21-11-7-5-10(6-8-11)12(9-19)16(20)15-13(17)3-2-4-14(15)18/h2-8,12,16,20H,9,19H2,1H3. The van der Waals surface area contributed by atoms with Crippen molar-refractivity contribution in [3.05, 3.63) is 65.2 Å². The molecule has 0 aliphatic rings. The fourth-order valence-corrected chi connectivity index (χ4v) is 2.29. The van der Waals surface area contributed by atoms with Gasteiger partial charge in [-0.2, -0.15) is 0 Å². The quantitative estimate of drug-likeness (QED) is 0.891. The zero-order valence-corrected chi connectivity index (χ0v) is 11.6. The van der Waals surface area contributed by atoms with E-state index in [0.717, 1.165) is 12.1 Å². The van der Waals surface area contributed by atoms with Gasteiger partial charge in [0.05, 0.1) is 18.8 Å². The Labute approximate surface area is 122 Å². The van der Waals surface area contributed by atoms with Gasteiger partial charge < -0.3 is 15.6 Å². The fraction of sp³-hybridized carbons (Fsp3) is 0.250. The molecule has 0 bridgehead atoms. The third kappa shape index (κ3) is 3.20. The number of hydrogen-bond acceptors (Lipinski definition) is 3. The van der Waals surface area contributed by atoms with Crippen LogP contribution in [-0.2, 0) is 0 Å². The fourth-order valence-electron chi connectivity index (χ4n) is 2.29. The predicted molar refractivity (Wildman–Crippen MR) is 76.1 cm³/mol. The Bertz CT molecular complexity index is 581. The SMILES string of the molecule is COc1ccc(C(CN)C(O)c2c(F)cccc2F)cc1. The van der Waals surface area contributed by atoms with E-state index in [-0.39, 0.29) is 12.1 Å². The number of benzene rings is 2. The van der Waals surface area contributed by atoms with Gasteiger partial charge in [-0.1, -0.05) is 18.2 Å². The van der Waals surface area contributed by atoms with Gasteiger partial charge in [-0.15, -0.1) is 0 Å². The molecule has 2 aromatic rings. The molecular weight excluding hydrogens is 276 g/mol. The molecule has 2 rings (SSSR count). The van der Waals surface area contributed by atoms with E-state index in [1.165, 1.54) is 6.07 Å². The summed E-state index contributed by atoms with van der Waals surface area (Å²) in [5, 5.41) is 10.3. The number of rotatable bonds is 5. The number of methoxy groups -OCH3 is 1. The highest BCUT2D eigenvalue weighted by Crippen LogP contribution is 2.33. The summed E-state index contributed by atoms with van der Waals surface area (Å²) in [7, 11) is 1.54. The summed E-state index contributed by atoms with van der Waals surface area (Å²) in [4.78, 5) is 0. The predicted octanol–water partition coefficient (Wildman–Crippen LogP) is 2.75. The zero-order valence-electron chi connectivity index (χ0n) is 11.6. The molecule has 0 heterocycles. The molecule has 0 fully saturated rings. The highest BCUT2D eigenvalue weighted by Gasteiger charge is 2.26. The monoisotopic (exact) mass is 293 g/mol. The molecule has 0 amide bonds. The summed E-state index contributed by atoms with van der Waals surface area (Å²) in [6.07, 6.45) is -1.36. The lowest BCUT2D eigenvalue weighted by atomic mass is 9.88. The smallest absolute Gasteiger partial charge is 0.131 e. The minimum absolute atomic E-state index is 0.0568. The molecule has 3 N–H and O–H groups in total. The number of aliphatic hydroxyl groups excluding tert-OH is 1. The number of aliphatic hydroxyl groups is 1. The van der Waals surface area contributed by atoms with E-state index < -0.39 is 23.7 Å². The van der Waals surface area contributed by atoms with Crippen molar-refractivity contribution in [2.75, 3.05) is 13.7 Å². The lowest BCUT2D eigenvalue weighted by molar-refractivity contribution is 0.138. The van der Waals surface area contributed by atoms with E-state index in [1.807, 2.05) is 0 Å². The number of nitrogens with two attached hydrogens (primary N) is 1. The van der Waals surface area contributed by atoms with Gasteiger partial charge in [0.1, 0.15) is 17.4 Å². The molecule has 0 aromatic heterocycles. The van der Waals surface area contributed by atoms with E-state index >= 15 is 0 Å². The van der Waals surface area contributed by atoms with E-state index in [1.54, 1.807) is 31.4 Å². The second-order valence-electron chi connectivity index (χ2n) is 4.70. The average molecular weight is 293 g/mol. The first-order valence-electron chi connectivity index (χ1n) is 6.54. The van der Waals surface area contributed by atoms with Gasteiger partial charge in [-0.25, -0.2) is 8.78 Å². The molecule has 0 radical (unpaired) electrons. The third-order valence-electron chi connectivity index (χ3n) is 3.47. The molecular formula is C16H17F2NO2. The van der Waals surface area contributed by atoms with Gasteiger partial charge in [0.2, 0.25) is 0 Å². The van der Waals surface area contributed by atoms with E-state index in [2.05, 4.69) is 0 Å². The Morgan fingerprint density at radius 2 is 1.67 bits per heavy atom. The number of ether oxygens (including phenoxy) is 1. The zero-order chi connectivity index (χ0) is 15.4. The van der Waals surface area contributed by atoms with Crippen molar-refractivity contribution in [1.82, 2.24) is 0 Å². The molecule has 0 saturated heterocycles. The van der Waals surface area contributed by atoms with Crippen molar-refractivity contribution in [1.29, 1.82) is 0 Å². The van der Waals surface area contributed by atoms with Crippen LogP contribution in [0.4, 0.5) is 8.78 Å². The van der Waals surface area contributed by atoms with Crippen molar-refractivity contribution >= 4 is 0 Å². The van der Waals surface area contributed by atoms with Crippen LogP contribution >= 0.6 is 0 Å². The largest absolute Gasteiger partial charge is 0.497 e. The van der Waals surface area contributed by atoms with Crippen LogP contribution in [0.25, 0.3) is 0 Å². The van der Waals surface area contributed by atoms with Gasteiger partial charge >= 0.3 is 0 Å². The van der Waals surface area contributed by atoms with Crippen LogP contribution in [0.1, 0.15) is 23.1 Å². The molecule has 2 atom stereocenters. The Balaban J connectivity index is 2.35. The minimum atomic E-state index is -1.36. The van der Waals surface area contributed by atoms with Crippen LogP contribution in [0.5, 0.6) is 5.75 Å². The van der Waals surface area contributed by atoms with Crippen molar-refractivity contribution in [3.8, 4) is 5.75 Å². The Morgan fingerprint density at radius 3 is 2.14 bits per heavy atom. The first-order chi connectivity index (χ1) is 10.1. The van der Waals surface area contributed by atoms with Gasteiger partial charge in [-0.3, -0.25) is 0 Å². The Morgan fingerprint density at radius 1 is 1.10 bits per heavy atom. The number of halogens is 2. The van der Waals surface area contributed by atoms with Gasteiger partial charge in [0.15, 0.2) is 0 Å². The summed E-state index contributed by atoms with van der Waals surface area (Å²) < 4.78 is 32.6. The van der Waals surface area contributed by atoms with E-state index in [0.29, 0.717) is 11.3 Å².